The van der Waals surface area contributed by atoms with Crippen molar-refractivity contribution in [2.75, 3.05) is 13.2 Å². The molecule has 1 heterocycles. The van der Waals surface area contributed by atoms with E-state index in [1.807, 2.05) is 0 Å². The summed E-state index contributed by atoms with van der Waals surface area (Å²) in [6, 6.07) is 4.95. The molecule has 1 aliphatic heterocycles. The van der Waals surface area contributed by atoms with Gasteiger partial charge < -0.3 is 19.5 Å². The highest BCUT2D eigenvalue weighted by Crippen LogP contribution is 2.55. The molecular weight excluding hydrogens is 358 g/mol. The van der Waals surface area contributed by atoms with Crippen molar-refractivity contribution in [1.29, 1.82) is 0 Å². The SMILES string of the molecule is C[C@H](OC(=O)c1ccc2c(c1)OCCO2)C(=O)NC12CC3CC(CC(C3)C1)C2. The first-order chi connectivity index (χ1) is 13.5. The lowest BCUT2D eigenvalue weighted by Gasteiger charge is -2.57. The Balaban J connectivity index is 1.22. The van der Waals surface area contributed by atoms with Crippen LogP contribution < -0.4 is 14.8 Å². The number of carbonyl (C=O) groups excluding carboxylic acids is 2. The molecule has 5 aliphatic rings. The van der Waals surface area contributed by atoms with Gasteiger partial charge in [-0.25, -0.2) is 4.79 Å². The van der Waals surface area contributed by atoms with Gasteiger partial charge in [0.05, 0.1) is 5.56 Å². The Labute approximate surface area is 164 Å². The molecule has 6 nitrogen and oxygen atoms in total. The van der Waals surface area contributed by atoms with Gasteiger partial charge in [-0.3, -0.25) is 4.79 Å². The standard InChI is InChI=1S/C22H27NO5/c1-13(28-21(25)17-2-3-18-19(9-17)27-5-4-26-18)20(24)23-22-10-14-6-15(11-22)8-16(7-14)12-22/h2-3,9,13-16H,4-8,10-12H2,1H3,(H,23,24)/t13-,14?,15?,16?,22?/m0/s1. The third-order valence-electron chi connectivity index (χ3n) is 6.86. The Morgan fingerprint density at radius 3 is 2.29 bits per heavy atom. The van der Waals surface area contributed by atoms with Crippen molar-refractivity contribution in [1.82, 2.24) is 5.32 Å². The molecule has 1 atom stereocenters. The van der Waals surface area contributed by atoms with Crippen molar-refractivity contribution in [3.8, 4) is 11.5 Å². The molecule has 6 rings (SSSR count). The van der Waals surface area contributed by atoms with Crippen molar-refractivity contribution in [2.24, 2.45) is 17.8 Å². The topological polar surface area (TPSA) is 73.9 Å². The molecule has 1 aromatic carbocycles. The lowest BCUT2D eigenvalue weighted by Crippen LogP contribution is -2.61. The van der Waals surface area contributed by atoms with Gasteiger partial charge in [-0.05, 0) is 81.4 Å². The van der Waals surface area contributed by atoms with Crippen LogP contribution in [0.2, 0.25) is 0 Å². The predicted octanol–water partition coefficient (Wildman–Crippen LogP) is 3.09. The van der Waals surface area contributed by atoms with E-state index in [9.17, 15) is 9.59 Å². The first-order valence-corrected chi connectivity index (χ1v) is 10.4. The van der Waals surface area contributed by atoms with Crippen LogP contribution in [-0.2, 0) is 9.53 Å². The molecule has 4 aliphatic carbocycles. The van der Waals surface area contributed by atoms with Gasteiger partial charge in [0, 0.05) is 5.54 Å². The molecule has 4 bridgehead atoms. The Morgan fingerprint density at radius 2 is 1.64 bits per heavy atom. The average Bonchev–Trinajstić information content (AvgIpc) is 2.66. The molecule has 0 saturated heterocycles. The fraction of sp³-hybridized carbons (Fsp3) is 0.636. The molecular formula is C22H27NO5. The lowest BCUT2D eigenvalue weighted by atomic mass is 9.53. The largest absolute Gasteiger partial charge is 0.486 e. The summed E-state index contributed by atoms with van der Waals surface area (Å²) < 4.78 is 16.4. The summed E-state index contributed by atoms with van der Waals surface area (Å²) in [6.45, 7) is 2.60. The zero-order valence-electron chi connectivity index (χ0n) is 16.2. The smallest absolute Gasteiger partial charge is 0.339 e. The number of benzene rings is 1. The normalized spacial score (nSPS) is 33.2. The third-order valence-corrected chi connectivity index (χ3v) is 6.86. The molecule has 1 amide bonds. The highest BCUT2D eigenvalue weighted by Gasteiger charge is 2.51. The molecule has 6 heteroatoms. The third kappa shape index (κ3) is 3.23. The molecule has 28 heavy (non-hydrogen) atoms. The number of nitrogens with one attached hydrogen (secondary N) is 1. The van der Waals surface area contributed by atoms with Gasteiger partial charge in [0.15, 0.2) is 17.6 Å². The minimum atomic E-state index is -0.825. The number of amides is 1. The number of rotatable bonds is 4. The van der Waals surface area contributed by atoms with E-state index in [1.54, 1.807) is 25.1 Å². The van der Waals surface area contributed by atoms with Gasteiger partial charge >= 0.3 is 5.97 Å². The Morgan fingerprint density at radius 1 is 1.04 bits per heavy atom. The number of ether oxygens (including phenoxy) is 3. The number of hydrogen-bond donors (Lipinski definition) is 1. The molecule has 150 valence electrons. The summed E-state index contributed by atoms with van der Waals surface area (Å²) >= 11 is 0. The maximum absolute atomic E-state index is 12.8. The van der Waals surface area contributed by atoms with Crippen LogP contribution in [0.4, 0.5) is 0 Å². The Bertz CT molecular complexity index is 769. The molecule has 0 unspecified atom stereocenters. The fourth-order valence-electron chi connectivity index (χ4n) is 6.08. The van der Waals surface area contributed by atoms with Crippen molar-refractivity contribution < 1.29 is 23.8 Å². The Kier molecular flexibility index (Phi) is 4.25. The second-order valence-corrected chi connectivity index (χ2v) is 9.09. The van der Waals surface area contributed by atoms with E-state index < -0.39 is 12.1 Å². The summed E-state index contributed by atoms with van der Waals surface area (Å²) in [5.74, 6) is 2.70. The maximum atomic E-state index is 12.8. The van der Waals surface area contributed by atoms with Crippen LogP contribution in [0.25, 0.3) is 0 Å². The zero-order chi connectivity index (χ0) is 19.3. The minimum absolute atomic E-state index is 0.0799. The monoisotopic (exact) mass is 385 g/mol. The van der Waals surface area contributed by atoms with Crippen LogP contribution >= 0.6 is 0 Å². The summed E-state index contributed by atoms with van der Waals surface area (Å²) in [4.78, 5) is 25.3. The molecule has 0 radical (unpaired) electrons. The quantitative estimate of drug-likeness (QED) is 0.807. The summed E-state index contributed by atoms with van der Waals surface area (Å²) in [5.41, 5.74) is 0.280. The van der Waals surface area contributed by atoms with E-state index in [1.165, 1.54) is 19.3 Å². The van der Waals surface area contributed by atoms with E-state index in [-0.39, 0.29) is 11.4 Å². The van der Waals surface area contributed by atoms with E-state index in [0.29, 0.717) is 30.3 Å². The van der Waals surface area contributed by atoms with Crippen LogP contribution in [0.3, 0.4) is 0 Å². The van der Waals surface area contributed by atoms with Gasteiger partial charge in [-0.2, -0.15) is 0 Å². The van der Waals surface area contributed by atoms with Crippen LogP contribution in [0.1, 0.15) is 55.8 Å². The van der Waals surface area contributed by atoms with Crippen molar-refractivity contribution >= 4 is 11.9 Å². The average molecular weight is 385 g/mol. The molecule has 1 N–H and O–H groups in total. The number of fused-ring (bicyclic) bond motifs is 1. The predicted molar refractivity (Wildman–Crippen MR) is 101 cm³/mol. The van der Waals surface area contributed by atoms with Gasteiger partial charge in [-0.15, -0.1) is 0 Å². The second-order valence-electron chi connectivity index (χ2n) is 9.09. The number of esters is 1. The summed E-state index contributed by atoms with van der Waals surface area (Å²) in [5, 5.41) is 3.27. The molecule has 1 aromatic rings. The van der Waals surface area contributed by atoms with E-state index >= 15 is 0 Å². The van der Waals surface area contributed by atoms with Gasteiger partial charge in [0.2, 0.25) is 0 Å². The van der Waals surface area contributed by atoms with E-state index in [0.717, 1.165) is 37.0 Å². The van der Waals surface area contributed by atoms with Crippen LogP contribution in [0.5, 0.6) is 11.5 Å². The van der Waals surface area contributed by atoms with E-state index in [2.05, 4.69) is 5.32 Å². The van der Waals surface area contributed by atoms with E-state index in [4.69, 9.17) is 14.2 Å². The minimum Gasteiger partial charge on any atom is -0.486 e. The number of carbonyl (C=O) groups is 2. The molecule has 0 spiro atoms. The van der Waals surface area contributed by atoms with Gasteiger partial charge in [0.25, 0.3) is 5.91 Å². The first-order valence-electron chi connectivity index (χ1n) is 10.4. The van der Waals surface area contributed by atoms with Crippen molar-refractivity contribution in [2.45, 2.75) is 57.1 Å². The van der Waals surface area contributed by atoms with Crippen LogP contribution in [0.15, 0.2) is 18.2 Å². The van der Waals surface area contributed by atoms with Gasteiger partial charge in [-0.1, -0.05) is 0 Å². The van der Waals surface area contributed by atoms with Crippen LogP contribution in [0, 0.1) is 17.8 Å². The first kappa shape index (κ1) is 17.8. The second kappa shape index (κ2) is 6.68. The Hall–Kier alpha value is -2.24. The van der Waals surface area contributed by atoms with Gasteiger partial charge in [0.1, 0.15) is 13.2 Å². The van der Waals surface area contributed by atoms with Crippen LogP contribution in [-0.4, -0.2) is 36.7 Å². The zero-order valence-corrected chi connectivity index (χ0v) is 16.2. The summed E-state index contributed by atoms with van der Waals surface area (Å²) in [6.07, 6.45) is 6.38. The highest BCUT2D eigenvalue weighted by molar-refractivity contribution is 5.93. The maximum Gasteiger partial charge on any atom is 0.339 e. The summed E-state index contributed by atoms with van der Waals surface area (Å²) in [7, 11) is 0. The molecule has 4 fully saturated rings. The lowest BCUT2D eigenvalue weighted by molar-refractivity contribution is -0.134. The molecule has 0 aromatic heterocycles. The van der Waals surface area contributed by atoms with Crippen molar-refractivity contribution in [3.63, 3.8) is 0 Å². The highest BCUT2D eigenvalue weighted by atomic mass is 16.6. The van der Waals surface area contributed by atoms with Crippen molar-refractivity contribution in [3.05, 3.63) is 23.8 Å². The number of hydrogen-bond acceptors (Lipinski definition) is 5. The fourth-order valence-corrected chi connectivity index (χ4v) is 6.08. The molecule has 4 saturated carbocycles.